The largest absolute Gasteiger partial charge is 0.421 e. The van der Waals surface area contributed by atoms with Crippen molar-refractivity contribution in [3.63, 3.8) is 0 Å². The van der Waals surface area contributed by atoms with Crippen molar-refractivity contribution in [1.29, 1.82) is 0 Å². The molecule has 7 heteroatoms. The minimum Gasteiger partial charge on any atom is -0.421 e. The van der Waals surface area contributed by atoms with Crippen molar-refractivity contribution in [1.82, 2.24) is 4.90 Å². The van der Waals surface area contributed by atoms with Crippen LogP contribution in [0.4, 0.5) is 5.69 Å². The maximum absolute atomic E-state index is 13.0. The van der Waals surface area contributed by atoms with Crippen molar-refractivity contribution in [3.8, 4) is 0 Å². The maximum atomic E-state index is 13.0. The second-order valence-electron chi connectivity index (χ2n) is 7.27. The molecule has 2 heterocycles. The predicted octanol–water partition coefficient (Wildman–Crippen LogP) is 4.68. The molecule has 0 radical (unpaired) electrons. The van der Waals surface area contributed by atoms with E-state index < -0.39 is 5.63 Å². The lowest BCUT2D eigenvalue weighted by atomic mass is 10.1. The highest BCUT2D eigenvalue weighted by Gasteiger charge is 2.26. The van der Waals surface area contributed by atoms with Crippen LogP contribution in [0.15, 0.2) is 45.6 Å². The van der Waals surface area contributed by atoms with Gasteiger partial charge < -0.3 is 14.2 Å². The normalized spacial score (nSPS) is 14.5. The molecule has 5 nitrogen and oxygen atoms in total. The van der Waals surface area contributed by atoms with E-state index in [9.17, 15) is 9.59 Å². The number of piperazine rings is 1. The van der Waals surface area contributed by atoms with E-state index >= 15 is 0 Å². The van der Waals surface area contributed by atoms with Gasteiger partial charge in [0.2, 0.25) is 0 Å². The number of fused-ring (bicyclic) bond motifs is 1. The molecule has 0 spiro atoms. The lowest BCUT2D eigenvalue weighted by molar-refractivity contribution is 0.0742. The number of halogens is 2. The zero-order chi connectivity index (χ0) is 20.7. The van der Waals surface area contributed by atoms with Gasteiger partial charge in [0, 0.05) is 42.3 Å². The van der Waals surface area contributed by atoms with Crippen LogP contribution in [0.5, 0.6) is 0 Å². The van der Waals surface area contributed by atoms with Crippen molar-refractivity contribution in [2.24, 2.45) is 0 Å². The van der Waals surface area contributed by atoms with Gasteiger partial charge in [-0.05, 0) is 43.2 Å². The minimum atomic E-state index is -0.691. The van der Waals surface area contributed by atoms with Gasteiger partial charge in [0.05, 0.1) is 5.02 Å². The lowest BCUT2D eigenvalue weighted by Crippen LogP contribution is -2.49. The highest BCUT2D eigenvalue weighted by Crippen LogP contribution is 2.28. The molecule has 2 aromatic carbocycles. The molecule has 4 rings (SSSR count). The molecule has 1 aliphatic heterocycles. The van der Waals surface area contributed by atoms with Crippen LogP contribution in [-0.4, -0.2) is 37.0 Å². The third kappa shape index (κ3) is 3.72. The smallest absolute Gasteiger partial charge is 0.349 e. The van der Waals surface area contributed by atoms with Crippen molar-refractivity contribution >= 4 is 45.8 Å². The highest BCUT2D eigenvalue weighted by atomic mass is 35.5. The molecule has 0 aliphatic carbocycles. The number of aryl methyl sites for hydroxylation is 2. The number of amides is 1. The van der Waals surface area contributed by atoms with E-state index in [1.165, 1.54) is 28.9 Å². The van der Waals surface area contributed by atoms with Crippen molar-refractivity contribution in [2.45, 2.75) is 13.8 Å². The average molecular weight is 431 g/mol. The molecule has 150 valence electrons. The Morgan fingerprint density at radius 3 is 2.31 bits per heavy atom. The van der Waals surface area contributed by atoms with E-state index in [-0.39, 0.29) is 22.1 Å². The zero-order valence-electron chi connectivity index (χ0n) is 16.2. The third-order valence-corrected chi connectivity index (χ3v) is 5.80. The molecule has 29 heavy (non-hydrogen) atoms. The van der Waals surface area contributed by atoms with E-state index in [0.29, 0.717) is 36.6 Å². The van der Waals surface area contributed by atoms with Crippen LogP contribution in [0, 0.1) is 13.8 Å². The summed E-state index contributed by atoms with van der Waals surface area (Å²) in [5.74, 6) is -0.335. The molecule has 1 saturated heterocycles. The van der Waals surface area contributed by atoms with Crippen LogP contribution < -0.4 is 10.5 Å². The Morgan fingerprint density at radius 1 is 1.00 bits per heavy atom. The molecule has 1 fully saturated rings. The Hall–Kier alpha value is -2.50. The number of carbonyl (C=O) groups is 1. The first-order valence-corrected chi connectivity index (χ1v) is 10.1. The Labute approximate surface area is 178 Å². The van der Waals surface area contributed by atoms with Crippen LogP contribution in [0.3, 0.4) is 0 Å². The number of carbonyl (C=O) groups excluding carboxylic acids is 1. The van der Waals surface area contributed by atoms with Gasteiger partial charge >= 0.3 is 5.63 Å². The second kappa shape index (κ2) is 7.73. The SMILES string of the molecule is Cc1cccc(C)c1N1CCN(C(=O)c2cc3cc(Cl)cc(Cl)c3oc2=O)CC1. The van der Waals surface area contributed by atoms with Crippen LogP contribution in [0.1, 0.15) is 21.5 Å². The van der Waals surface area contributed by atoms with E-state index in [1.54, 1.807) is 11.0 Å². The number of para-hydroxylation sites is 1. The molecule has 1 aromatic heterocycles. The molecule has 1 amide bonds. The van der Waals surface area contributed by atoms with Gasteiger partial charge in [-0.1, -0.05) is 41.4 Å². The molecule has 0 N–H and O–H groups in total. The number of anilines is 1. The van der Waals surface area contributed by atoms with Gasteiger partial charge in [-0.15, -0.1) is 0 Å². The number of hydrogen-bond donors (Lipinski definition) is 0. The summed E-state index contributed by atoms with van der Waals surface area (Å²) in [5, 5.41) is 1.18. The van der Waals surface area contributed by atoms with E-state index in [4.69, 9.17) is 27.6 Å². The Balaban J connectivity index is 1.57. The fraction of sp³-hybridized carbons (Fsp3) is 0.273. The maximum Gasteiger partial charge on any atom is 0.349 e. The Kier molecular flexibility index (Phi) is 5.28. The summed E-state index contributed by atoms with van der Waals surface area (Å²) in [4.78, 5) is 29.4. The molecule has 0 bridgehead atoms. The summed E-state index contributed by atoms with van der Waals surface area (Å²) in [6.45, 7) is 6.65. The summed E-state index contributed by atoms with van der Waals surface area (Å²) in [6, 6.07) is 10.9. The summed E-state index contributed by atoms with van der Waals surface area (Å²) in [7, 11) is 0. The predicted molar refractivity (Wildman–Crippen MR) is 117 cm³/mol. The fourth-order valence-corrected chi connectivity index (χ4v) is 4.46. The van der Waals surface area contributed by atoms with Gasteiger partial charge in [-0.3, -0.25) is 4.79 Å². The van der Waals surface area contributed by atoms with Crippen molar-refractivity contribution in [3.05, 3.63) is 73.6 Å². The molecule has 0 atom stereocenters. The van der Waals surface area contributed by atoms with E-state index in [0.717, 1.165) is 0 Å². The Bertz CT molecular complexity index is 1140. The van der Waals surface area contributed by atoms with Crippen LogP contribution in [0.2, 0.25) is 10.0 Å². The van der Waals surface area contributed by atoms with Gasteiger partial charge in [-0.2, -0.15) is 0 Å². The standard InChI is InChI=1S/C22H20Cl2N2O3/c1-13-4-3-5-14(2)19(13)25-6-8-26(9-7-25)21(27)17-11-15-10-16(23)12-18(24)20(15)29-22(17)28/h3-5,10-12H,6-9H2,1-2H3. The first-order chi connectivity index (χ1) is 13.8. The van der Waals surface area contributed by atoms with E-state index in [2.05, 4.69) is 30.9 Å². The highest BCUT2D eigenvalue weighted by molar-refractivity contribution is 6.38. The molecule has 3 aromatic rings. The number of hydrogen-bond acceptors (Lipinski definition) is 4. The molecular formula is C22H20Cl2N2O3. The summed E-state index contributed by atoms with van der Waals surface area (Å²) in [6.07, 6.45) is 0. The van der Waals surface area contributed by atoms with Gasteiger partial charge in [0.1, 0.15) is 5.56 Å². The fourth-order valence-electron chi connectivity index (χ4n) is 3.91. The number of benzene rings is 2. The molecule has 0 unspecified atom stereocenters. The summed E-state index contributed by atoms with van der Waals surface area (Å²) in [5.41, 5.74) is 3.19. The minimum absolute atomic E-state index is 0.00337. The second-order valence-corrected chi connectivity index (χ2v) is 8.12. The number of nitrogens with zero attached hydrogens (tertiary/aromatic N) is 2. The van der Waals surface area contributed by atoms with Crippen molar-refractivity contribution in [2.75, 3.05) is 31.1 Å². The average Bonchev–Trinajstić information content (AvgIpc) is 2.68. The van der Waals surface area contributed by atoms with Gasteiger partial charge in [0.15, 0.2) is 5.58 Å². The Morgan fingerprint density at radius 2 is 1.66 bits per heavy atom. The molecule has 1 aliphatic rings. The lowest BCUT2D eigenvalue weighted by Gasteiger charge is -2.37. The van der Waals surface area contributed by atoms with Crippen LogP contribution in [-0.2, 0) is 0 Å². The topological polar surface area (TPSA) is 53.8 Å². The summed E-state index contributed by atoms with van der Waals surface area (Å²) >= 11 is 12.1. The molecule has 0 saturated carbocycles. The first kappa shape index (κ1) is 19.8. The van der Waals surface area contributed by atoms with E-state index in [1.807, 2.05) is 6.07 Å². The van der Waals surface area contributed by atoms with Gasteiger partial charge in [0.25, 0.3) is 5.91 Å². The quantitative estimate of drug-likeness (QED) is 0.553. The monoisotopic (exact) mass is 430 g/mol. The van der Waals surface area contributed by atoms with Gasteiger partial charge in [-0.25, -0.2) is 4.79 Å². The number of rotatable bonds is 2. The van der Waals surface area contributed by atoms with Crippen LogP contribution >= 0.6 is 23.2 Å². The third-order valence-electron chi connectivity index (χ3n) is 5.30. The zero-order valence-corrected chi connectivity index (χ0v) is 17.7. The first-order valence-electron chi connectivity index (χ1n) is 9.38. The van der Waals surface area contributed by atoms with Crippen LogP contribution in [0.25, 0.3) is 11.0 Å². The summed E-state index contributed by atoms with van der Waals surface area (Å²) < 4.78 is 5.31. The molecular weight excluding hydrogens is 411 g/mol. The van der Waals surface area contributed by atoms with Crippen molar-refractivity contribution < 1.29 is 9.21 Å².